The van der Waals surface area contributed by atoms with Gasteiger partial charge < -0.3 is 5.32 Å². The molecular weight excluding hydrogens is 426 g/mol. The van der Waals surface area contributed by atoms with E-state index in [0.717, 1.165) is 21.1 Å². The number of rotatable bonds is 5. The lowest BCUT2D eigenvalue weighted by Crippen LogP contribution is -2.42. The molecule has 1 aliphatic heterocycles. The van der Waals surface area contributed by atoms with Crippen molar-refractivity contribution in [2.75, 3.05) is 11.9 Å². The topological polar surface area (TPSA) is 79.4 Å². The van der Waals surface area contributed by atoms with Crippen LogP contribution in [0.25, 0.3) is 11.3 Å². The maximum atomic E-state index is 13.0. The lowest BCUT2D eigenvalue weighted by molar-refractivity contribution is -0.119. The van der Waals surface area contributed by atoms with Crippen LogP contribution in [-0.2, 0) is 14.8 Å². The molecule has 0 aliphatic carbocycles. The molecule has 1 saturated heterocycles. The van der Waals surface area contributed by atoms with Gasteiger partial charge in [0.2, 0.25) is 5.91 Å². The normalized spacial score (nSPS) is 17.5. The third-order valence-corrected chi connectivity index (χ3v) is 9.00. The first kappa shape index (κ1) is 20.2. The van der Waals surface area contributed by atoms with E-state index in [2.05, 4.69) is 10.3 Å². The summed E-state index contributed by atoms with van der Waals surface area (Å²) in [6, 6.07) is 10.2. The number of benzene rings is 1. The van der Waals surface area contributed by atoms with Crippen LogP contribution in [-0.4, -0.2) is 36.2 Å². The first-order valence-electron chi connectivity index (χ1n) is 9.26. The zero-order valence-corrected chi connectivity index (χ0v) is 18.5. The molecule has 152 valence electrons. The van der Waals surface area contributed by atoms with Crippen LogP contribution in [0.15, 0.2) is 46.0 Å². The van der Waals surface area contributed by atoms with Gasteiger partial charge in [0.05, 0.1) is 10.7 Å². The Balaban J connectivity index is 1.49. The summed E-state index contributed by atoms with van der Waals surface area (Å²) in [5.74, 6) is -0.295. The number of aryl methyl sites for hydroxylation is 2. The summed E-state index contributed by atoms with van der Waals surface area (Å²) in [5.41, 5.74) is 2.53. The van der Waals surface area contributed by atoms with E-state index in [9.17, 15) is 13.2 Å². The fourth-order valence-electron chi connectivity index (χ4n) is 3.40. The molecule has 9 heteroatoms. The molecule has 3 aromatic rings. The van der Waals surface area contributed by atoms with Crippen molar-refractivity contribution in [3.05, 3.63) is 51.7 Å². The molecule has 1 unspecified atom stereocenters. The minimum atomic E-state index is -3.66. The highest BCUT2D eigenvalue weighted by Gasteiger charge is 2.40. The number of carbonyl (C=O) groups is 1. The van der Waals surface area contributed by atoms with E-state index in [1.54, 1.807) is 23.5 Å². The minimum absolute atomic E-state index is 0.289. The fraction of sp³-hybridized carbons (Fsp3) is 0.300. The van der Waals surface area contributed by atoms with Crippen LogP contribution in [0, 0.1) is 13.8 Å². The Labute approximate surface area is 178 Å². The van der Waals surface area contributed by atoms with Gasteiger partial charge in [-0.05, 0) is 51.0 Å². The quantitative estimate of drug-likeness (QED) is 0.633. The number of hydrogen-bond acceptors (Lipinski definition) is 6. The Morgan fingerprint density at radius 2 is 1.93 bits per heavy atom. The lowest BCUT2D eigenvalue weighted by Gasteiger charge is -2.22. The zero-order chi connectivity index (χ0) is 20.6. The number of aromatic nitrogens is 1. The average molecular weight is 448 g/mol. The van der Waals surface area contributed by atoms with Crippen LogP contribution < -0.4 is 5.32 Å². The SMILES string of the molecule is Cc1ccc(S(=O)(=O)N2CCCC2C(=O)Nc2ccc(-c3csc(C)n3)cc2)s1. The molecule has 0 bridgehead atoms. The first-order chi connectivity index (χ1) is 13.8. The van der Waals surface area contributed by atoms with E-state index in [-0.39, 0.29) is 10.1 Å². The molecule has 2 aromatic heterocycles. The minimum Gasteiger partial charge on any atom is -0.325 e. The molecule has 1 amide bonds. The molecule has 29 heavy (non-hydrogen) atoms. The molecule has 1 N–H and O–H groups in total. The Morgan fingerprint density at radius 1 is 1.17 bits per heavy atom. The number of nitrogens with zero attached hydrogens (tertiary/aromatic N) is 2. The van der Waals surface area contributed by atoms with Gasteiger partial charge in [0.25, 0.3) is 10.0 Å². The van der Waals surface area contributed by atoms with Crippen molar-refractivity contribution >= 4 is 44.3 Å². The van der Waals surface area contributed by atoms with Gasteiger partial charge in [0.1, 0.15) is 10.3 Å². The van der Waals surface area contributed by atoms with Crippen molar-refractivity contribution in [2.45, 2.75) is 36.9 Å². The summed E-state index contributed by atoms with van der Waals surface area (Å²) in [6.07, 6.45) is 1.19. The first-order valence-corrected chi connectivity index (χ1v) is 12.4. The smallest absolute Gasteiger partial charge is 0.253 e. The highest BCUT2D eigenvalue weighted by molar-refractivity contribution is 7.91. The maximum Gasteiger partial charge on any atom is 0.253 e. The molecule has 1 aliphatic rings. The number of amides is 1. The van der Waals surface area contributed by atoms with Crippen LogP contribution >= 0.6 is 22.7 Å². The van der Waals surface area contributed by atoms with Crippen molar-refractivity contribution in [1.82, 2.24) is 9.29 Å². The summed E-state index contributed by atoms with van der Waals surface area (Å²) in [6.45, 7) is 4.19. The van der Waals surface area contributed by atoms with E-state index in [1.165, 1.54) is 15.6 Å². The third-order valence-electron chi connectivity index (χ3n) is 4.85. The van der Waals surface area contributed by atoms with Gasteiger partial charge in [-0.15, -0.1) is 22.7 Å². The number of carbonyl (C=O) groups excluding carboxylic acids is 1. The molecule has 0 radical (unpaired) electrons. The van der Waals surface area contributed by atoms with Crippen LogP contribution in [0.2, 0.25) is 0 Å². The molecule has 6 nitrogen and oxygen atoms in total. The number of thiazole rings is 1. The predicted molar refractivity (Wildman–Crippen MR) is 117 cm³/mol. The van der Waals surface area contributed by atoms with Gasteiger partial charge in [-0.25, -0.2) is 13.4 Å². The molecule has 4 rings (SSSR count). The molecule has 1 aromatic carbocycles. The standard InChI is InChI=1S/C20H21N3O3S3/c1-13-5-10-19(28-13)29(25,26)23-11-3-4-18(23)20(24)22-16-8-6-15(7-9-16)17-12-27-14(2)21-17/h5-10,12,18H,3-4,11H2,1-2H3,(H,22,24). The summed E-state index contributed by atoms with van der Waals surface area (Å²) in [5, 5.41) is 5.86. The second-order valence-electron chi connectivity index (χ2n) is 6.96. The highest BCUT2D eigenvalue weighted by Crippen LogP contribution is 2.31. The van der Waals surface area contributed by atoms with Gasteiger partial charge in [-0.2, -0.15) is 4.31 Å². The number of hydrogen-bond donors (Lipinski definition) is 1. The van der Waals surface area contributed by atoms with Gasteiger partial charge >= 0.3 is 0 Å². The molecule has 1 fully saturated rings. The van der Waals surface area contributed by atoms with E-state index in [4.69, 9.17) is 0 Å². The zero-order valence-electron chi connectivity index (χ0n) is 16.1. The lowest BCUT2D eigenvalue weighted by atomic mass is 10.1. The van der Waals surface area contributed by atoms with Crippen LogP contribution in [0.4, 0.5) is 5.69 Å². The van der Waals surface area contributed by atoms with E-state index < -0.39 is 16.1 Å². The summed E-state index contributed by atoms with van der Waals surface area (Å²) in [4.78, 5) is 18.2. The van der Waals surface area contributed by atoms with Crippen molar-refractivity contribution in [2.24, 2.45) is 0 Å². The fourth-order valence-corrected chi connectivity index (χ4v) is 7.09. The molecule has 1 atom stereocenters. The van der Waals surface area contributed by atoms with Crippen molar-refractivity contribution in [3.8, 4) is 11.3 Å². The summed E-state index contributed by atoms with van der Waals surface area (Å²) < 4.78 is 27.6. The average Bonchev–Trinajstić information content (AvgIpc) is 3.43. The highest BCUT2D eigenvalue weighted by atomic mass is 32.2. The van der Waals surface area contributed by atoms with Gasteiger partial charge in [-0.1, -0.05) is 12.1 Å². The molecular formula is C20H21N3O3S3. The largest absolute Gasteiger partial charge is 0.325 e. The number of sulfonamides is 1. The Bertz CT molecular complexity index is 1130. The van der Waals surface area contributed by atoms with Gasteiger partial charge in [0, 0.05) is 28.1 Å². The van der Waals surface area contributed by atoms with Gasteiger partial charge in [0.15, 0.2) is 0 Å². The number of thiophene rings is 1. The van der Waals surface area contributed by atoms with Gasteiger partial charge in [-0.3, -0.25) is 4.79 Å². The number of nitrogens with one attached hydrogen (secondary N) is 1. The van der Waals surface area contributed by atoms with Crippen molar-refractivity contribution < 1.29 is 13.2 Å². The Morgan fingerprint density at radius 3 is 2.55 bits per heavy atom. The maximum absolute atomic E-state index is 13.0. The molecule has 3 heterocycles. The molecule has 0 spiro atoms. The summed E-state index contributed by atoms with van der Waals surface area (Å²) in [7, 11) is -3.66. The Kier molecular flexibility index (Phi) is 5.56. The number of anilines is 1. The second-order valence-corrected chi connectivity index (χ2v) is 11.4. The van der Waals surface area contributed by atoms with E-state index in [1.807, 2.05) is 43.5 Å². The molecule has 0 saturated carbocycles. The second kappa shape index (κ2) is 7.98. The third kappa shape index (κ3) is 4.13. The van der Waals surface area contributed by atoms with E-state index in [0.29, 0.717) is 25.1 Å². The monoisotopic (exact) mass is 447 g/mol. The van der Waals surface area contributed by atoms with Crippen molar-refractivity contribution in [1.29, 1.82) is 0 Å². The van der Waals surface area contributed by atoms with E-state index >= 15 is 0 Å². The van der Waals surface area contributed by atoms with Crippen molar-refractivity contribution in [3.63, 3.8) is 0 Å². The van der Waals surface area contributed by atoms with Crippen LogP contribution in [0.3, 0.4) is 0 Å². The predicted octanol–water partition coefficient (Wildman–Crippen LogP) is 4.28. The van der Waals surface area contributed by atoms with Crippen LogP contribution in [0.5, 0.6) is 0 Å². The Hall–Kier alpha value is -2.07. The summed E-state index contributed by atoms with van der Waals surface area (Å²) >= 11 is 2.82. The van der Waals surface area contributed by atoms with Crippen LogP contribution in [0.1, 0.15) is 22.7 Å².